The maximum absolute atomic E-state index is 12.2. The molecule has 9 heteroatoms. The van der Waals surface area contributed by atoms with Crippen molar-refractivity contribution in [1.82, 2.24) is 10.6 Å². The van der Waals surface area contributed by atoms with Crippen molar-refractivity contribution in [3.63, 3.8) is 0 Å². The minimum absolute atomic E-state index is 0.137. The number of carboxylic acid groups (broad SMARTS) is 2. The predicted octanol–water partition coefficient (Wildman–Crippen LogP) is 2.92. The van der Waals surface area contributed by atoms with Crippen molar-refractivity contribution in [3.05, 3.63) is 64.5 Å². The molecule has 31 heavy (non-hydrogen) atoms. The number of piperidine rings is 1. The van der Waals surface area contributed by atoms with Gasteiger partial charge in [-0.05, 0) is 50.6 Å². The Morgan fingerprint density at radius 3 is 2.71 bits per heavy atom. The molecule has 1 aromatic carbocycles. The molecule has 0 spiro atoms. The van der Waals surface area contributed by atoms with Crippen molar-refractivity contribution in [1.29, 1.82) is 0 Å². The molecule has 2 heterocycles. The molecular weight excluding hydrogens is 424 g/mol. The second-order valence-electron chi connectivity index (χ2n) is 7.44. The van der Waals surface area contributed by atoms with Gasteiger partial charge >= 0.3 is 11.9 Å². The topological polar surface area (TPSA) is 117 Å². The smallest absolute Gasteiger partial charge is 0.338 e. The lowest BCUT2D eigenvalue weighted by Gasteiger charge is -2.40. The third-order valence-electron chi connectivity index (χ3n) is 5.06. The average Bonchev–Trinajstić information content (AvgIpc) is 2.73. The number of para-hydroxylation sites is 1. The van der Waals surface area contributed by atoms with Crippen LogP contribution in [-0.2, 0) is 14.3 Å². The summed E-state index contributed by atoms with van der Waals surface area (Å²) in [5, 5.41) is 25.8. The van der Waals surface area contributed by atoms with Crippen LogP contribution in [0.4, 0.5) is 0 Å². The summed E-state index contributed by atoms with van der Waals surface area (Å²) in [4.78, 5) is 23.7. The highest BCUT2D eigenvalue weighted by Gasteiger charge is 2.48. The van der Waals surface area contributed by atoms with E-state index in [-0.39, 0.29) is 22.4 Å². The van der Waals surface area contributed by atoms with E-state index >= 15 is 0 Å². The van der Waals surface area contributed by atoms with Crippen LogP contribution in [0.1, 0.15) is 19.8 Å². The normalized spacial score (nSPS) is 23.8. The van der Waals surface area contributed by atoms with Crippen LogP contribution in [0.3, 0.4) is 0 Å². The molecule has 3 rings (SSSR count). The highest BCUT2D eigenvalue weighted by Crippen LogP contribution is 2.37. The van der Waals surface area contributed by atoms with E-state index in [9.17, 15) is 19.8 Å². The van der Waals surface area contributed by atoms with E-state index in [2.05, 4.69) is 10.6 Å². The Bertz CT molecular complexity index is 936. The van der Waals surface area contributed by atoms with E-state index in [0.717, 1.165) is 25.9 Å². The number of allylic oxidation sites excluding steroid dienone is 3. The SMILES string of the molecule is CC1=CC=C(OCC2CCCNC2)[C@@](Oc2ccccc2Cl)(/C(=C\C(=O)O)C(=O)O)N1. The monoisotopic (exact) mass is 448 g/mol. The second kappa shape index (κ2) is 9.89. The molecule has 8 nitrogen and oxygen atoms in total. The number of nitrogens with one attached hydrogen (secondary N) is 2. The highest BCUT2D eigenvalue weighted by atomic mass is 35.5. The Labute approximate surface area is 185 Å². The first kappa shape index (κ1) is 22.7. The molecule has 1 saturated heterocycles. The minimum atomic E-state index is -1.92. The van der Waals surface area contributed by atoms with E-state index in [0.29, 0.717) is 18.4 Å². The van der Waals surface area contributed by atoms with Gasteiger partial charge < -0.3 is 30.3 Å². The van der Waals surface area contributed by atoms with Crippen molar-refractivity contribution in [2.45, 2.75) is 25.5 Å². The number of ether oxygens (including phenoxy) is 2. The summed E-state index contributed by atoms with van der Waals surface area (Å²) in [6.45, 7) is 3.77. The zero-order chi connectivity index (χ0) is 22.4. The molecule has 1 unspecified atom stereocenters. The van der Waals surface area contributed by atoms with Gasteiger partial charge in [0.1, 0.15) is 11.3 Å². The van der Waals surface area contributed by atoms with Gasteiger partial charge in [0.15, 0.2) is 5.76 Å². The van der Waals surface area contributed by atoms with Crippen LogP contribution in [0.25, 0.3) is 0 Å². The van der Waals surface area contributed by atoms with Crippen LogP contribution in [0.15, 0.2) is 59.5 Å². The number of rotatable bonds is 8. The Hall–Kier alpha value is -2.97. The van der Waals surface area contributed by atoms with E-state index in [1.165, 1.54) is 0 Å². The lowest BCUT2D eigenvalue weighted by molar-refractivity contribution is -0.137. The van der Waals surface area contributed by atoms with Gasteiger partial charge in [-0.2, -0.15) is 0 Å². The van der Waals surface area contributed by atoms with Crippen molar-refractivity contribution >= 4 is 23.5 Å². The van der Waals surface area contributed by atoms with Gasteiger partial charge in [-0.1, -0.05) is 23.7 Å². The number of benzene rings is 1. The molecule has 2 aliphatic rings. The second-order valence-corrected chi connectivity index (χ2v) is 7.85. The van der Waals surface area contributed by atoms with Gasteiger partial charge in [0.05, 0.1) is 11.6 Å². The third kappa shape index (κ3) is 5.39. The lowest BCUT2D eigenvalue weighted by atomic mass is 9.95. The summed E-state index contributed by atoms with van der Waals surface area (Å²) in [6.07, 6.45) is 5.90. The quantitative estimate of drug-likeness (QED) is 0.448. The molecule has 2 atom stereocenters. The summed E-state index contributed by atoms with van der Waals surface area (Å²) >= 11 is 6.26. The molecule has 1 aromatic rings. The zero-order valence-corrected chi connectivity index (χ0v) is 17.8. The summed E-state index contributed by atoms with van der Waals surface area (Å²) in [6, 6.07) is 6.55. The van der Waals surface area contributed by atoms with Crippen LogP contribution in [0.2, 0.25) is 5.02 Å². The fourth-order valence-corrected chi connectivity index (χ4v) is 3.76. The number of carbonyl (C=O) groups is 2. The van der Waals surface area contributed by atoms with Gasteiger partial charge in [0, 0.05) is 24.2 Å². The van der Waals surface area contributed by atoms with Crippen molar-refractivity contribution in [2.75, 3.05) is 19.7 Å². The Kier molecular flexibility index (Phi) is 7.25. The van der Waals surface area contributed by atoms with Crippen molar-refractivity contribution in [2.24, 2.45) is 5.92 Å². The van der Waals surface area contributed by atoms with Gasteiger partial charge in [0.2, 0.25) is 0 Å². The van der Waals surface area contributed by atoms with Gasteiger partial charge in [-0.25, -0.2) is 9.59 Å². The van der Waals surface area contributed by atoms with Crippen molar-refractivity contribution in [3.8, 4) is 5.75 Å². The fourth-order valence-electron chi connectivity index (χ4n) is 3.58. The Morgan fingerprint density at radius 1 is 1.29 bits per heavy atom. The molecule has 166 valence electrons. The minimum Gasteiger partial charge on any atom is -0.491 e. The molecule has 1 fully saturated rings. The zero-order valence-electron chi connectivity index (χ0n) is 17.1. The summed E-state index contributed by atoms with van der Waals surface area (Å²) in [5.41, 5.74) is -1.90. The number of dihydropyridines is 1. The lowest BCUT2D eigenvalue weighted by Crippen LogP contribution is -2.56. The average molecular weight is 449 g/mol. The molecule has 0 radical (unpaired) electrons. The number of hydrogen-bond donors (Lipinski definition) is 4. The maximum atomic E-state index is 12.2. The first-order valence-corrected chi connectivity index (χ1v) is 10.3. The summed E-state index contributed by atoms with van der Waals surface area (Å²) < 4.78 is 12.2. The molecule has 0 bridgehead atoms. The Balaban J connectivity index is 2.05. The van der Waals surface area contributed by atoms with E-state index in [1.54, 1.807) is 43.3 Å². The number of hydrogen-bond acceptors (Lipinski definition) is 6. The van der Waals surface area contributed by atoms with Crippen LogP contribution in [-0.4, -0.2) is 47.6 Å². The van der Waals surface area contributed by atoms with E-state index in [4.69, 9.17) is 21.1 Å². The van der Waals surface area contributed by atoms with E-state index < -0.39 is 23.2 Å². The fraction of sp³-hybridized carbons (Fsp3) is 0.364. The van der Waals surface area contributed by atoms with Crippen LogP contribution in [0.5, 0.6) is 5.75 Å². The Morgan fingerprint density at radius 2 is 2.06 bits per heavy atom. The molecule has 0 aliphatic carbocycles. The number of halogens is 1. The third-order valence-corrected chi connectivity index (χ3v) is 5.37. The van der Waals surface area contributed by atoms with Crippen LogP contribution < -0.4 is 15.4 Å². The van der Waals surface area contributed by atoms with Crippen molar-refractivity contribution < 1.29 is 29.3 Å². The van der Waals surface area contributed by atoms with Gasteiger partial charge in [-0.3, -0.25) is 0 Å². The highest BCUT2D eigenvalue weighted by molar-refractivity contribution is 6.32. The molecule has 2 aliphatic heterocycles. The summed E-state index contributed by atoms with van der Waals surface area (Å²) in [7, 11) is 0. The van der Waals surface area contributed by atoms with Crippen LogP contribution >= 0.6 is 11.6 Å². The predicted molar refractivity (Wildman–Crippen MR) is 115 cm³/mol. The standard InChI is InChI=1S/C22H25ClN2O6/c1-14-8-9-19(30-13-15-5-4-10-24-12-15)22(25-14,16(21(28)29)11-20(26)27)31-18-7-3-2-6-17(18)23/h2-3,6-9,11,15,24-25H,4-5,10,12-13H2,1H3,(H,26,27)(H,28,29)/b16-11-/t15?,22-/m0/s1. The number of aliphatic carboxylic acids is 2. The number of carboxylic acids is 2. The van der Waals surface area contributed by atoms with Gasteiger partial charge in [0.25, 0.3) is 5.72 Å². The molecule has 0 aromatic heterocycles. The molecule has 4 N–H and O–H groups in total. The molecule has 0 amide bonds. The molecule has 0 saturated carbocycles. The molecular formula is C22H25ClN2O6. The maximum Gasteiger partial charge on any atom is 0.338 e. The first-order chi connectivity index (χ1) is 14.8. The van der Waals surface area contributed by atoms with E-state index in [1.807, 2.05) is 0 Å². The van der Waals surface area contributed by atoms with Gasteiger partial charge in [-0.15, -0.1) is 0 Å². The summed E-state index contributed by atoms with van der Waals surface area (Å²) in [5.74, 6) is -2.34. The first-order valence-electron chi connectivity index (χ1n) is 9.94. The largest absolute Gasteiger partial charge is 0.491 e. The van der Waals surface area contributed by atoms with Crippen LogP contribution in [0, 0.1) is 5.92 Å².